The van der Waals surface area contributed by atoms with Crippen LogP contribution in [-0.2, 0) is 16.6 Å². The van der Waals surface area contributed by atoms with Crippen LogP contribution in [0.25, 0.3) is 0 Å². The van der Waals surface area contributed by atoms with E-state index in [1.807, 2.05) is 12.1 Å². The molecule has 0 saturated heterocycles. The van der Waals surface area contributed by atoms with Gasteiger partial charge >= 0.3 is 6.03 Å². The van der Waals surface area contributed by atoms with Gasteiger partial charge in [0.1, 0.15) is 0 Å². The maximum atomic E-state index is 12.4. The second-order valence-corrected chi connectivity index (χ2v) is 7.18. The SMILES string of the molecule is CCN(CC)S(=O)(=O)c1ccc(NC(=O)NCc2ccccn2)cc1. The molecule has 1 aromatic heterocycles. The van der Waals surface area contributed by atoms with Crippen molar-refractivity contribution in [2.24, 2.45) is 0 Å². The lowest BCUT2D eigenvalue weighted by molar-refractivity contribution is 0.251. The Morgan fingerprint density at radius 3 is 2.32 bits per heavy atom. The molecule has 0 spiro atoms. The zero-order chi connectivity index (χ0) is 18.3. The number of pyridine rings is 1. The van der Waals surface area contributed by atoms with E-state index in [2.05, 4.69) is 15.6 Å². The van der Waals surface area contributed by atoms with Crippen molar-refractivity contribution in [3.8, 4) is 0 Å². The zero-order valence-electron chi connectivity index (χ0n) is 14.3. The van der Waals surface area contributed by atoms with Gasteiger partial charge in [0, 0.05) is 25.0 Å². The molecule has 0 fully saturated rings. The number of amides is 2. The molecule has 0 saturated carbocycles. The van der Waals surface area contributed by atoms with Gasteiger partial charge in [-0.3, -0.25) is 4.98 Å². The summed E-state index contributed by atoms with van der Waals surface area (Å²) in [5.74, 6) is 0. The molecule has 8 heteroatoms. The number of sulfonamides is 1. The summed E-state index contributed by atoms with van der Waals surface area (Å²) in [6, 6.07) is 11.2. The Morgan fingerprint density at radius 2 is 1.76 bits per heavy atom. The predicted molar refractivity (Wildman–Crippen MR) is 96.6 cm³/mol. The van der Waals surface area contributed by atoms with E-state index in [1.54, 1.807) is 38.2 Å². The molecule has 0 bridgehead atoms. The fourth-order valence-electron chi connectivity index (χ4n) is 2.27. The van der Waals surface area contributed by atoms with Crippen molar-refractivity contribution in [3.63, 3.8) is 0 Å². The molecule has 25 heavy (non-hydrogen) atoms. The van der Waals surface area contributed by atoms with Gasteiger partial charge in [0.25, 0.3) is 0 Å². The number of hydrogen-bond acceptors (Lipinski definition) is 4. The molecule has 1 aromatic carbocycles. The highest BCUT2D eigenvalue weighted by molar-refractivity contribution is 7.89. The summed E-state index contributed by atoms with van der Waals surface area (Å²) >= 11 is 0. The highest BCUT2D eigenvalue weighted by Gasteiger charge is 2.21. The number of hydrogen-bond donors (Lipinski definition) is 2. The smallest absolute Gasteiger partial charge is 0.319 e. The van der Waals surface area contributed by atoms with Gasteiger partial charge in [0.05, 0.1) is 17.1 Å². The highest BCUT2D eigenvalue weighted by Crippen LogP contribution is 2.18. The third-order valence-electron chi connectivity index (χ3n) is 3.61. The Labute approximate surface area is 148 Å². The van der Waals surface area contributed by atoms with Crippen LogP contribution in [0.15, 0.2) is 53.6 Å². The van der Waals surface area contributed by atoms with Crippen LogP contribution in [0.2, 0.25) is 0 Å². The molecule has 0 radical (unpaired) electrons. The lowest BCUT2D eigenvalue weighted by Crippen LogP contribution is -2.30. The molecule has 0 atom stereocenters. The Hall–Kier alpha value is -2.45. The van der Waals surface area contributed by atoms with Gasteiger partial charge in [-0.05, 0) is 36.4 Å². The molecule has 2 rings (SSSR count). The van der Waals surface area contributed by atoms with Crippen molar-refractivity contribution in [1.82, 2.24) is 14.6 Å². The molecular formula is C17H22N4O3S. The molecule has 1 heterocycles. The highest BCUT2D eigenvalue weighted by atomic mass is 32.2. The number of nitrogens with one attached hydrogen (secondary N) is 2. The number of carbonyl (C=O) groups excluding carboxylic acids is 1. The van der Waals surface area contributed by atoms with Gasteiger partial charge in [0.2, 0.25) is 10.0 Å². The molecular weight excluding hydrogens is 340 g/mol. The summed E-state index contributed by atoms with van der Waals surface area (Å²) < 4.78 is 26.2. The van der Waals surface area contributed by atoms with Crippen LogP contribution in [-0.4, -0.2) is 36.8 Å². The Bertz CT molecular complexity index is 788. The van der Waals surface area contributed by atoms with Crippen molar-refractivity contribution < 1.29 is 13.2 Å². The predicted octanol–water partition coefficient (Wildman–Crippen LogP) is 2.43. The summed E-state index contributed by atoms with van der Waals surface area (Å²) in [6.07, 6.45) is 1.66. The number of urea groups is 1. The van der Waals surface area contributed by atoms with E-state index < -0.39 is 10.0 Å². The molecule has 2 amide bonds. The zero-order valence-corrected chi connectivity index (χ0v) is 15.1. The largest absolute Gasteiger partial charge is 0.332 e. The average molecular weight is 362 g/mol. The number of nitrogens with zero attached hydrogens (tertiary/aromatic N) is 2. The first kappa shape index (κ1) is 18.9. The van der Waals surface area contributed by atoms with Crippen LogP contribution in [0, 0.1) is 0 Å². The third kappa shape index (κ3) is 5.01. The molecule has 0 aliphatic carbocycles. The van der Waals surface area contributed by atoms with Gasteiger partial charge < -0.3 is 10.6 Å². The first-order valence-corrected chi connectivity index (χ1v) is 9.46. The molecule has 134 valence electrons. The molecule has 0 unspecified atom stereocenters. The second kappa shape index (κ2) is 8.59. The molecule has 2 aromatic rings. The van der Waals surface area contributed by atoms with E-state index in [0.29, 0.717) is 25.3 Å². The first-order valence-electron chi connectivity index (χ1n) is 8.02. The monoisotopic (exact) mass is 362 g/mol. The minimum absolute atomic E-state index is 0.204. The van der Waals surface area contributed by atoms with Crippen LogP contribution < -0.4 is 10.6 Å². The third-order valence-corrected chi connectivity index (χ3v) is 5.68. The van der Waals surface area contributed by atoms with Crippen LogP contribution in [0.4, 0.5) is 10.5 Å². The van der Waals surface area contributed by atoms with E-state index in [1.165, 1.54) is 16.4 Å². The molecule has 0 aliphatic heterocycles. The van der Waals surface area contributed by atoms with Crippen molar-refractivity contribution in [2.75, 3.05) is 18.4 Å². The Morgan fingerprint density at radius 1 is 1.08 bits per heavy atom. The summed E-state index contributed by atoms with van der Waals surface area (Å²) in [4.78, 5) is 16.2. The van der Waals surface area contributed by atoms with Crippen LogP contribution in [0.1, 0.15) is 19.5 Å². The maximum Gasteiger partial charge on any atom is 0.319 e. The molecule has 2 N–H and O–H groups in total. The fraction of sp³-hybridized carbons (Fsp3) is 0.294. The van der Waals surface area contributed by atoms with E-state index in [-0.39, 0.29) is 10.9 Å². The topological polar surface area (TPSA) is 91.4 Å². The molecule has 7 nitrogen and oxygen atoms in total. The van der Waals surface area contributed by atoms with Crippen molar-refractivity contribution >= 4 is 21.7 Å². The Balaban J connectivity index is 1.97. The summed E-state index contributed by atoms with van der Waals surface area (Å²) in [5.41, 5.74) is 1.26. The number of rotatable bonds is 7. The number of anilines is 1. The summed E-state index contributed by atoms with van der Waals surface area (Å²) in [7, 11) is -3.50. The maximum absolute atomic E-state index is 12.4. The number of benzene rings is 1. The number of aromatic nitrogens is 1. The lowest BCUT2D eigenvalue weighted by atomic mass is 10.3. The van der Waals surface area contributed by atoms with Gasteiger partial charge in [-0.15, -0.1) is 0 Å². The lowest BCUT2D eigenvalue weighted by Gasteiger charge is -2.18. The van der Waals surface area contributed by atoms with E-state index in [4.69, 9.17) is 0 Å². The van der Waals surface area contributed by atoms with Crippen LogP contribution in [0.3, 0.4) is 0 Å². The van der Waals surface area contributed by atoms with Crippen molar-refractivity contribution in [2.45, 2.75) is 25.3 Å². The minimum atomic E-state index is -3.50. The standard InChI is InChI=1S/C17H22N4O3S/c1-3-21(4-2)25(23,24)16-10-8-14(9-11-16)20-17(22)19-13-15-7-5-6-12-18-15/h5-12H,3-4,13H2,1-2H3,(H2,19,20,22). The molecule has 0 aliphatic rings. The summed E-state index contributed by atoms with van der Waals surface area (Å²) in [5, 5.41) is 5.35. The quantitative estimate of drug-likeness (QED) is 0.791. The Kier molecular flexibility index (Phi) is 6.49. The van der Waals surface area contributed by atoms with Gasteiger partial charge in [-0.2, -0.15) is 4.31 Å². The normalized spacial score (nSPS) is 11.3. The van der Waals surface area contributed by atoms with Crippen LogP contribution in [0.5, 0.6) is 0 Å². The van der Waals surface area contributed by atoms with Gasteiger partial charge in [0.15, 0.2) is 0 Å². The average Bonchev–Trinajstić information content (AvgIpc) is 2.62. The van der Waals surface area contributed by atoms with Crippen molar-refractivity contribution in [3.05, 3.63) is 54.4 Å². The summed E-state index contributed by atoms with van der Waals surface area (Å²) in [6.45, 7) is 4.72. The van der Waals surface area contributed by atoms with Gasteiger partial charge in [-0.1, -0.05) is 19.9 Å². The first-order chi connectivity index (χ1) is 12.0. The van der Waals surface area contributed by atoms with E-state index >= 15 is 0 Å². The number of carbonyl (C=O) groups is 1. The van der Waals surface area contributed by atoms with Crippen molar-refractivity contribution in [1.29, 1.82) is 0 Å². The van der Waals surface area contributed by atoms with Gasteiger partial charge in [-0.25, -0.2) is 13.2 Å². The minimum Gasteiger partial charge on any atom is -0.332 e. The van der Waals surface area contributed by atoms with E-state index in [0.717, 1.165) is 5.69 Å². The van der Waals surface area contributed by atoms with Crippen LogP contribution >= 0.6 is 0 Å². The van der Waals surface area contributed by atoms with E-state index in [9.17, 15) is 13.2 Å². The second-order valence-electron chi connectivity index (χ2n) is 5.24. The fourth-order valence-corrected chi connectivity index (χ4v) is 3.73.